The van der Waals surface area contributed by atoms with Crippen LogP contribution in [-0.4, -0.2) is 53.0 Å². The molecule has 0 aliphatic heterocycles. The van der Waals surface area contributed by atoms with Crippen molar-refractivity contribution in [2.24, 2.45) is 35.5 Å². The molecule has 4 rings (SSSR count). The normalized spacial score (nSPS) is 24.4. The number of aryl methyl sites for hydroxylation is 2. The van der Waals surface area contributed by atoms with Crippen LogP contribution in [0.2, 0.25) is 36.3 Å². The first kappa shape index (κ1) is 61.0. The van der Waals surface area contributed by atoms with Gasteiger partial charge in [-0.15, -0.1) is 0 Å². The molecule has 0 heterocycles. The smallest absolute Gasteiger partial charge is 0.306 e. The molecule has 0 amide bonds. The Balaban J connectivity index is 1.67. The highest BCUT2D eigenvalue weighted by Gasteiger charge is 2.49. The number of esters is 2. The average molecular weight is 1020 g/mol. The van der Waals surface area contributed by atoms with Gasteiger partial charge < -0.3 is 18.3 Å². The minimum absolute atomic E-state index is 0.0136. The molecule has 0 aromatic heterocycles. The Labute approximate surface area is 442 Å². The molecule has 0 radical (unpaired) electrons. The van der Waals surface area contributed by atoms with E-state index in [2.05, 4.69) is 191 Å². The van der Waals surface area contributed by atoms with E-state index in [0.29, 0.717) is 31.1 Å². The fourth-order valence-electron chi connectivity index (χ4n) is 10.1. The summed E-state index contributed by atoms with van der Waals surface area (Å²) in [5, 5.41) is 0.122. The third-order valence-electron chi connectivity index (χ3n) is 16.6. The molecule has 2 aromatic rings. The molecule has 0 bridgehead atoms. The molecule has 6 nitrogen and oxygen atoms in total. The van der Waals surface area contributed by atoms with Crippen molar-refractivity contribution in [3.05, 3.63) is 133 Å². The lowest BCUT2D eigenvalue weighted by molar-refractivity contribution is -0.152. The summed E-state index contributed by atoms with van der Waals surface area (Å²) in [7, 11) is -4.26. The molecule has 2 saturated carbocycles. The van der Waals surface area contributed by atoms with E-state index in [4.69, 9.17) is 18.3 Å². The van der Waals surface area contributed by atoms with Crippen LogP contribution in [0.15, 0.2) is 121 Å². The van der Waals surface area contributed by atoms with Gasteiger partial charge in [-0.3, -0.25) is 9.59 Å². The molecule has 10 atom stereocenters. The summed E-state index contributed by atoms with van der Waals surface area (Å²) in [6, 6.07) is 21.5. The van der Waals surface area contributed by atoms with E-state index < -0.39 is 16.6 Å². The fraction of sp³-hybridized carbons (Fsp3) is 0.625. The highest BCUT2D eigenvalue weighted by atomic mass is 28.4. The highest BCUT2D eigenvalue weighted by molar-refractivity contribution is 6.74. The summed E-state index contributed by atoms with van der Waals surface area (Å²) < 4.78 is 27.5. The van der Waals surface area contributed by atoms with Gasteiger partial charge in [-0.1, -0.05) is 177 Å². The topological polar surface area (TPSA) is 71.1 Å². The average Bonchev–Trinajstić information content (AvgIpc) is 3.79. The third kappa shape index (κ3) is 19.9. The third-order valence-corrected chi connectivity index (χ3v) is 25.6. The van der Waals surface area contributed by atoms with Crippen LogP contribution in [0.4, 0.5) is 0 Å². The second kappa shape index (κ2) is 29.5. The molecule has 0 unspecified atom stereocenters. The molecule has 0 saturated heterocycles. The van der Waals surface area contributed by atoms with Gasteiger partial charge in [0.2, 0.25) is 0 Å². The van der Waals surface area contributed by atoms with Gasteiger partial charge >= 0.3 is 11.9 Å². The maximum Gasteiger partial charge on any atom is 0.306 e. The Kier molecular flexibility index (Phi) is 25.0. The van der Waals surface area contributed by atoms with Crippen LogP contribution in [-0.2, 0) is 40.8 Å². The van der Waals surface area contributed by atoms with Gasteiger partial charge in [0.25, 0.3) is 0 Å². The number of hydrogen-bond acceptors (Lipinski definition) is 6. The van der Waals surface area contributed by atoms with Gasteiger partial charge in [-0.25, -0.2) is 0 Å². The first-order chi connectivity index (χ1) is 34.0. The van der Waals surface area contributed by atoms with Crippen LogP contribution in [0.3, 0.4) is 0 Å². The number of ether oxygens (including phenoxy) is 2. The van der Waals surface area contributed by atoms with Gasteiger partial charge in [0.15, 0.2) is 16.6 Å². The van der Waals surface area contributed by atoms with E-state index in [-0.39, 0.29) is 70.1 Å². The van der Waals surface area contributed by atoms with Gasteiger partial charge in [-0.05, 0) is 150 Å². The largest absolute Gasteiger partial charge is 0.462 e. The van der Waals surface area contributed by atoms with Crippen LogP contribution in [0.25, 0.3) is 0 Å². The lowest BCUT2D eigenvalue weighted by atomic mass is 9.85. The summed E-state index contributed by atoms with van der Waals surface area (Å²) in [5.41, 5.74) is 2.69. The molecule has 72 heavy (non-hydrogen) atoms. The zero-order valence-electron chi connectivity index (χ0n) is 47.7. The van der Waals surface area contributed by atoms with Crippen molar-refractivity contribution in [3.63, 3.8) is 0 Å². The minimum Gasteiger partial charge on any atom is -0.462 e. The molecular formula is C64H100O6Si2. The lowest BCUT2D eigenvalue weighted by Crippen LogP contribution is -2.45. The SMILES string of the molecule is C/C=C/CCCC(=O)O[C@@H]1C[C@H](O[Si](C)(C)C(C)(C)C)[C@@H](/C=C/[C@@H](C)CCc2ccccc2)[C@@H]1C/C=C/C[C@H]1[C@H](/C=C/[C@H](CCc2ccccc2)O[Si](C)(C)C(C)(C)C)[C@@H](C)C[C@H]1OC(=O)CCC/C=C/C. The first-order valence-corrected chi connectivity index (χ1v) is 33.9. The number of allylic oxidation sites excluding steroid dienone is 8. The van der Waals surface area contributed by atoms with Crippen molar-refractivity contribution < 1.29 is 27.9 Å². The Morgan fingerprint density at radius 3 is 1.60 bits per heavy atom. The maximum atomic E-state index is 13.6. The number of unbranched alkanes of at least 4 members (excludes halogenated alkanes) is 2. The Bertz CT molecular complexity index is 2040. The van der Waals surface area contributed by atoms with Crippen molar-refractivity contribution in [2.75, 3.05) is 0 Å². The molecule has 2 aliphatic rings. The summed E-state index contributed by atoms with van der Waals surface area (Å²) in [6.07, 6.45) is 33.3. The van der Waals surface area contributed by atoms with E-state index in [1.165, 1.54) is 11.1 Å². The second-order valence-corrected chi connectivity index (χ2v) is 34.0. The van der Waals surface area contributed by atoms with E-state index in [1.807, 2.05) is 26.0 Å². The van der Waals surface area contributed by atoms with Crippen molar-refractivity contribution in [2.45, 2.75) is 220 Å². The Morgan fingerprint density at radius 1 is 0.625 bits per heavy atom. The van der Waals surface area contributed by atoms with Crippen LogP contribution in [0.1, 0.15) is 157 Å². The highest BCUT2D eigenvalue weighted by Crippen LogP contribution is 2.47. The molecule has 8 heteroatoms. The van der Waals surface area contributed by atoms with E-state index >= 15 is 0 Å². The molecule has 400 valence electrons. The van der Waals surface area contributed by atoms with Crippen LogP contribution in [0, 0.1) is 35.5 Å². The maximum absolute atomic E-state index is 13.6. The molecule has 2 fully saturated rings. The molecule has 2 aromatic carbocycles. The molecule has 0 N–H and O–H groups in total. The van der Waals surface area contributed by atoms with E-state index in [9.17, 15) is 9.59 Å². The molecule has 0 spiro atoms. The van der Waals surface area contributed by atoms with Gasteiger partial charge in [0.1, 0.15) is 12.2 Å². The first-order valence-electron chi connectivity index (χ1n) is 28.1. The summed E-state index contributed by atoms with van der Waals surface area (Å²) in [4.78, 5) is 27.1. The summed E-state index contributed by atoms with van der Waals surface area (Å²) in [6.45, 7) is 31.9. The van der Waals surface area contributed by atoms with E-state index in [0.717, 1.165) is 70.6 Å². The predicted octanol–water partition coefficient (Wildman–Crippen LogP) is 17.3. The zero-order chi connectivity index (χ0) is 53.0. The number of benzene rings is 2. The minimum atomic E-state index is -2.18. The fourth-order valence-corrected chi connectivity index (χ4v) is 12.7. The van der Waals surface area contributed by atoms with Crippen molar-refractivity contribution >= 4 is 28.6 Å². The van der Waals surface area contributed by atoms with Crippen LogP contribution >= 0.6 is 0 Å². The van der Waals surface area contributed by atoms with E-state index in [1.54, 1.807) is 0 Å². The second-order valence-electron chi connectivity index (χ2n) is 24.5. The Morgan fingerprint density at radius 2 is 1.10 bits per heavy atom. The van der Waals surface area contributed by atoms with Crippen molar-refractivity contribution in [3.8, 4) is 0 Å². The quantitative estimate of drug-likeness (QED) is 0.0366. The zero-order valence-corrected chi connectivity index (χ0v) is 49.7. The van der Waals surface area contributed by atoms with Crippen LogP contribution in [0.5, 0.6) is 0 Å². The number of carbonyl (C=O) groups is 2. The van der Waals surface area contributed by atoms with Crippen molar-refractivity contribution in [1.82, 2.24) is 0 Å². The number of carbonyl (C=O) groups excluding carboxylic acids is 2. The summed E-state index contributed by atoms with van der Waals surface area (Å²) >= 11 is 0. The standard InChI is InChI=1S/C64H100O6Si2/c1-15-17-19-27-37-61(65)67-58-47-50(4)54(46-44-53(69-71(11,12)63(5,6)7)43-42-52-33-25-22-26-34-52)55(58)35-29-30-36-56-57(45-40-49(3)39-41-51-31-23-21-24-32-51)60(70-72(13,14)64(8,9)10)48-59(56)68-62(66)38-28-20-18-16-2/h15-18,21-26,29-34,40,44-46,49-50,53-60H,19-20,27-28,35-39,41-43,47-48H2,1-14H3/b17-15+,18-16+,30-29+,45-40+,46-44+/t49-,50-,53-,54+,55-,56-,57-,58+,59+,60-/m0/s1. The van der Waals surface area contributed by atoms with Gasteiger partial charge in [0.05, 0.1) is 12.2 Å². The Hall–Kier alpha value is -3.57. The van der Waals surface area contributed by atoms with Gasteiger partial charge in [-0.2, -0.15) is 0 Å². The number of hydrogen-bond donors (Lipinski definition) is 0. The van der Waals surface area contributed by atoms with Crippen LogP contribution < -0.4 is 0 Å². The predicted molar refractivity (Wildman–Crippen MR) is 309 cm³/mol. The van der Waals surface area contributed by atoms with Gasteiger partial charge in [0, 0.05) is 37.0 Å². The monoisotopic (exact) mass is 1020 g/mol. The lowest BCUT2D eigenvalue weighted by Gasteiger charge is -2.39. The summed E-state index contributed by atoms with van der Waals surface area (Å²) in [5.74, 6) is 1.00. The number of rotatable bonds is 28. The molecular weight excluding hydrogens is 921 g/mol. The molecule has 2 aliphatic carbocycles. The van der Waals surface area contributed by atoms with Crippen molar-refractivity contribution in [1.29, 1.82) is 0 Å².